The van der Waals surface area contributed by atoms with Gasteiger partial charge in [0.1, 0.15) is 6.61 Å². The number of unbranched alkanes of at least 4 members (excludes halogenated alkanes) is 1. The molecule has 1 aliphatic heterocycles. The number of amides is 1. The van der Waals surface area contributed by atoms with Crippen molar-refractivity contribution in [3.63, 3.8) is 0 Å². The summed E-state index contributed by atoms with van der Waals surface area (Å²) in [6.07, 6.45) is 7.84. The molecule has 7 nitrogen and oxygen atoms in total. The van der Waals surface area contributed by atoms with Crippen LogP contribution >= 0.6 is 11.8 Å². The lowest BCUT2D eigenvalue weighted by Crippen LogP contribution is -2.29. The molecule has 8 heteroatoms. The first-order chi connectivity index (χ1) is 14.7. The van der Waals surface area contributed by atoms with E-state index in [2.05, 4.69) is 21.3 Å². The number of likely N-dealkylation sites (tertiary alicyclic amines) is 1. The third kappa shape index (κ3) is 10.8. The standard InChI is InChI=1S/C22H35N3O4S/c1-2-22(27)29-14-15-30-18-20(26)23-9-4-7-13-28-21-16-19(8-10-24-21)17-25-11-5-3-6-12-25/h8,10,16H,2-7,9,11-15,17-18H2,1H3,(H,23,26). The fourth-order valence-electron chi connectivity index (χ4n) is 3.17. The SMILES string of the molecule is CCC(=O)OCCSCC(=O)NCCCCOc1cc(CN2CCCCC2)ccn1. The van der Waals surface area contributed by atoms with Crippen molar-refractivity contribution in [2.24, 2.45) is 0 Å². The van der Waals surface area contributed by atoms with Crippen molar-refractivity contribution < 1.29 is 19.1 Å². The van der Waals surface area contributed by atoms with Crippen molar-refractivity contribution in [2.45, 2.75) is 52.0 Å². The van der Waals surface area contributed by atoms with Gasteiger partial charge in [-0.3, -0.25) is 14.5 Å². The first kappa shape index (κ1) is 24.5. The normalized spacial score (nSPS) is 14.3. The molecule has 1 amide bonds. The number of aromatic nitrogens is 1. The third-order valence-corrected chi connectivity index (χ3v) is 5.73. The average Bonchev–Trinajstić information content (AvgIpc) is 2.76. The molecular weight excluding hydrogens is 402 g/mol. The summed E-state index contributed by atoms with van der Waals surface area (Å²) in [6, 6.07) is 4.09. The fourth-order valence-corrected chi connectivity index (χ4v) is 3.80. The summed E-state index contributed by atoms with van der Waals surface area (Å²) >= 11 is 1.47. The van der Waals surface area contributed by atoms with Crippen LogP contribution < -0.4 is 10.1 Å². The van der Waals surface area contributed by atoms with E-state index in [4.69, 9.17) is 9.47 Å². The second-order valence-corrected chi connectivity index (χ2v) is 8.48. The van der Waals surface area contributed by atoms with Gasteiger partial charge in [-0.25, -0.2) is 4.98 Å². The minimum atomic E-state index is -0.203. The highest BCUT2D eigenvalue weighted by atomic mass is 32.2. The second kappa shape index (κ2) is 15.1. The molecule has 1 aliphatic rings. The molecule has 168 valence electrons. The Morgan fingerprint density at radius 2 is 2.03 bits per heavy atom. The number of hydrogen-bond acceptors (Lipinski definition) is 7. The van der Waals surface area contributed by atoms with Crippen molar-refractivity contribution in [3.8, 4) is 5.88 Å². The van der Waals surface area contributed by atoms with Crippen LogP contribution in [0.5, 0.6) is 5.88 Å². The van der Waals surface area contributed by atoms with E-state index in [9.17, 15) is 9.59 Å². The molecule has 1 aromatic rings. The van der Waals surface area contributed by atoms with E-state index in [0.717, 1.165) is 19.4 Å². The summed E-state index contributed by atoms with van der Waals surface area (Å²) in [5.74, 6) is 1.50. The summed E-state index contributed by atoms with van der Waals surface area (Å²) < 4.78 is 10.7. The Morgan fingerprint density at radius 1 is 1.20 bits per heavy atom. The first-order valence-corrected chi connectivity index (χ1v) is 12.1. The quantitative estimate of drug-likeness (QED) is 0.354. The Balaban J connectivity index is 1.48. The molecule has 0 unspecified atom stereocenters. The minimum Gasteiger partial charge on any atom is -0.478 e. The van der Waals surface area contributed by atoms with E-state index < -0.39 is 0 Å². The number of esters is 1. The molecule has 0 radical (unpaired) electrons. The Labute approximate surface area is 184 Å². The smallest absolute Gasteiger partial charge is 0.305 e. The fraction of sp³-hybridized carbons (Fsp3) is 0.682. The van der Waals surface area contributed by atoms with Crippen molar-refractivity contribution in [1.29, 1.82) is 0 Å². The highest BCUT2D eigenvalue weighted by Gasteiger charge is 2.11. The molecule has 30 heavy (non-hydrogen) atoms. The lowest BCUT2D eigenvalue weighted by molar-refractivity contribution is -0.142. The molecule has 0 bridgehead atoms. The lowest BCUT2D eigenvalue weighted by atomic mass is 10.1. The number of hydrogen-bond donors (Lipinski definition) is 1. The van der Waals surface area contributed by atoms with Gasteiger partial charge in [-0.1, -0.05) is 13.3 Å². The van der Waals surface area contributed by atoms with Crippen molar-refractivity contribution >= 4 is 23.6 Å². The van der Waals surface area contributed by atoms with Crippen LogP contribution in [0.1, 0.15) is 51.0 Å². The number of carbonyl (C=O) groups excluding carboxylic acids is 2. The van der Waals surface area contributed by atoms with Gasteiger partial charge in [-0.05, 0) is 50.4 Å². The van der Waals surface area contributed by atoms with Crippen LogP contribution in [0, 0.1) is 0 Å². The van der Waals surface area contributed by atoms with Crippen LogP contribution in [-0.4, -0.2) is 66.1 Å². The molecule has 2 rings (SSSR count). The number of thioether (sulfide) groups is 1. The molecule has 2 heterocycles. The van der Waals surface area contributed by atoms with Gasteiger partial charge in [0.2, 0.25) is 11.8 Å². The predicted molar refractivity (Wildman–Crippen MR) is 120 cm³/mol. The summed E-state index contributed by atoms with van der Waals surface area (Å²) in [6.45, 7) is 6.66. The molecule has 1 aromatic heterocycles. The highest BCUT2D eigenvalue weighted by molar-refractivity contribution is 7.99. The number of pyridine rings is 1. The molecule has 1 saturated heterocycles. The van der Waals surface area contributed by atoms with Gasteiger partial charge in [0.25, 0.3) is 0 Å². The zero-order chi connectivity index (χ0) is 21.4. The van der Waals surface area contributed by atoms with Gasteiger partial charge in [-0.15, -0.1) is 11.8 Å². The van der Waals surface area contributed by atoms with E-state index in [1.807, 2.05) is 12.3 Å². The summed E-state index contributed by atoms with van der Waals surface area (Å²) in [7, 11) is 0. The van der Waals surface area contributed by atoms with Crippen LogP contribution in [-0.2, 0) is 20.9 Å². The summed E-state index contributed by atoms with van der Waals surface area (Å²) in [4.78, 5) is 29.6. The van der Waals surface area contributed by atoms with E-state index in [0.29, 0.717) is 43.6 Å². The van der Waals surface area contributed by atoms with Crippen LogP contribution in [0.3, 0.4) is 0 Å². The van der Waals surface area contributed by atoms with Crippen LogP contribution in [0.2, 0.25) is 0 Å². The molecule has 0 atom stereocenters. The Morgan fingerprint density at radius 3 is 2.83 bits per heavy atom. The first-order valence-electron chi connectivity index (χ1n) is 11.0. The summed E-state index contributed by atoms with van der Waals surface area (Å²) in [5.41, 5.74) is 1.25. The van der Waals surface area contributed by atoms with Crippen molar-refractivity contribution in [2.75, 3.05) is 44.4 Å². The number of nitrogens with one attached hydrogen (secondary N) is 1. The molecule has 0 aromatic carbocycles. The molecule has 1 N–H and O–H groups in total. The molecule has 1 fully saturated rings. The Hall–Kier alpha value is -1.80. The molecule has 0 saturated carbocycles. The number of rotatable bonds is 14. The third-order valence-electron chi connectivity index (χ3n) is 4.81. The maximum Gasteiger partial charge on any atom is 0.305 e. The lowest BCUT2D eigenvalue weighted by Gasteiger charge is -2.26. The van der Waals surface area contributed by atoms with Gasteiger partial charge in [0.05, 0.1) is 12.4 Å². The van der Waals surface area contributed by atoms with Crippen molar-refractivity contribution in [1.82, 2.24) is 15.2 Å². The predicted octanol–water partition coefficient (Wildman–Crippen LogP) is 3.03. The largest absolute Gasteiger partial charge is 0.478 e. The molecule has 0 aliphatic carbocycles. The second-order valence-electron chi connectivity index (χ2n) is 7.37. The monoisotopic (exact) mass is 437 g/mol. The number of ether oxygens (including phenoxy) is 2. The maximum atomic E-state index is 11.8. The number of piperidine rings is 1. The molecular formula is C22H35N3O4S. The van der Waals surface area contributed by atoms with Crippen LogP contribution in [0.25, 0.3) is 0 Å². The minimum absolute atomic E-state index is 0.00909. The van der Waals surface area contributed by atoms with Crippen LogP contribution in [0.4, 0.5) is 0 Å². The maximum absolute atomic E-state index is 11.8. The number of nitrogens with zero attached hydrogens (tertiary/aromatic N) is 2. The van der Waals surface area contributed by atoms with Gasteiger partial charge >= 0.3 is 5.97 Å². The van der Waals surface area contributed by atoms with Gasteiger partial charge in [-0.2, -0.15) is 0 Å². The Bertz CT molecular complexity index is 639. The molecule has 0 spiro atoms. The number of carbonyl (C=O) groups is 2. The van der Waals surface area contributed by atoms with Gasteiger partial charge in [0, 0.05) is 37.5 Å². The highest BCUT2D eigenvalue weighted by Crippen LogP contribution is 2.15. The van der Waals surface area contributed by atoms with Gasteiger partial charge < -0.3 is 14.8 Å². The topological polar surface area (TPSA) is 80.8 Å². The summed E-state index contributed by atoms with van der Waals surface area (Å²) in [5, 5.41) is 2.90. The zero-order valence-electron chi connectivity index (χ0n) is 18.1. The van der Waals surface area contributed by atoms with E-state index in [-0.39, 0.29) is 11.9 Å². The van der Waals surface area contributed by atoms with Crippen LogP contribution in [0.15, 0.2) is 18.3 Å². The zero-order valence-corrected chi connectivity index (χ0v) is 18.9. The average molecular weight is 438 g/mol. The van der Waals surface area contributed by atoms with E-state index in [1.54, 1.807) is 6.92 Å². The van der Waals surface area contributed by atoms with Crippen molar-refractivity contribution in [3.05, 3.63) is 23.9 Å². The van der Waals surface area contributed by atoms with Gasteiger partial charge in [0.15, 0.2) is 0 Å². The van der Waals surface area contributed by atoms with E-state index in [1.165, 1.54) is 49.7 Å². The Kier molecular flexibility index (Phi) is 12.3. The van der Waals surface area contributed by atoms with E-state index >= 15 is 0 Å².